The Labute approximate surface area is 122 Å². The maximum Gasteiger partial charge on any atom is 0.323 e. The zero-order chi connectivity index (χ0) is 15.1. The molecule has 0 aliphatic rings. The minimum atomic E-state index is -1.06. The smallest absolute Gasteiger partial charge is 0.323 e. The lowest BCUT2D eigenvalue weighted by atomic mass is 10.3. The summed E-state index contributed by atoms with van der Waals surface area (Å²) in [5.74, 6) is -1.06. The summed E-state index contributed by atoms with van der Waals surface area (Å²) in [6.45, 7) is 0.531. The Balaban J connectivity index is 2.72. The number of carbonyl (C=O) groups excluding carboxylic acids is 1. The van der Waals surface area contributed by atoms with Crippen LogP contribution in [0.25, 0.3) is 0 Å². The highest BCUT2D eigenvalue weighted by molar-refractivity contribution is 6.33. The summed E-state index contributed by atoms with van der Waals surface area (Å²) in [7, 11) is 3.70. The van der Waals surface area contributed by atoms with Crippen molar-refractivity contribution in [2.24, 2.45) is 0 Å². The Morgan fingerprint density at radius 1 is 1.25 bits per heavy atom. The molecule has 1 aromatic carbocycles. The van der Waals surface area contributed by atoms with Crippen molar-refractivity contribution in [2.75, 3.05) is 39.0 Å². The molecule has 0 atom stereocenters. The fraction of sp³-hybridized carbons (Fsp3) is 0.385. The summed E-state index contributed by atoms with van der Waals surface area (Å²) >= 11 is 5.95. The quantitative estimate of drug-likeness (QED) is 0.840. The molecule has 0 unspecified atom stereocenters. The number of hydrogen-bond acceptors (Lipinski definition) is 3. The molecule has 0 saturated heterocycles. The summed E-state index contributed by atoms with van der Waals surface area (Å²) in [6.07, 6.45) is 0. The van der Waals surface area contributed by atoms with E-state index in [1.165, 1.54) is 4.90 Å². The molecular weight excluding hydrogens is 282 g/mol. The molecule has 0 fully saturated rings. The first kappa shape index (κ1) is 16.3. The number of carboxylic acid groups (broad SMARTS) is 1. The minimum absolute atomic E-state index is 0.315. The van der Waals surface area contributed by atoms with Crippen LogP contribution in [0.2, 0.25) is 5.02 Å². The number of halogens is 1. The number of likely N-dealkylation sites (N-methyl/N-ethyl adjacent to an activating group) is 1. The van der Waals surface area contributed by atoms with Gasteiger partial charge in [0.15, 0.2) is 0 Å². The predicted octanol–water partition coefficient (Wildman–Crippen LogP) is 1.82. The van der Waals surface area contributed by atoms with Gasteiger partial charge in [-0.15, -0.1) is 0 Å². The van der Waals surface area contributed by atoms with Crippen LogP contribution in [0.3, 0.4) is 0 Å². The molecule has 0 spiro atoms. The van der Waals surface area contributed by atoms with Crippen LogP contribution in [-0.4, -0.2) is 60.6 Å². The summed E-state index contributed by atoms with van der Waals surface area (Å²) in [6, 6.07) is 6.31. The van der Waals surface area contributed by atoms with Gasteiger partial charge in [0.1, 0.15) is 6.54 Å². The lowest BCUT2D eigenvalue weighted by molar-refractivity contribution is -0.137. The van der Waals surface area contributed by atoms with E-state index in [1.807, 2.05) is 19.0 Å². The third kappa shape index (κ3) is 5.46. The van der Waals surface area contributed by atoms with Crippen molar-refractivity contribution in [1.29, 1.82) is 0 Å². The van der Waals surface area contributed by atoms with Crippen molar-refractivity contribution in [3.05, 3.63) is 29.3 Å². The van der Waals surface area contributed by atoms with E-state index >= 15 is 0 Å². The number of aliphatic carboxylic acids is 1. The number of anilines is 1. The molecule has 7 heteroatoms. The van der Waals surface area contributed by atoms with Gasteiger partial charge in [0, 0.05) is 13.1 Å². The van der Waals surface area contributed by atoms with Crippen molar-refractivity contribution >= 4 is 29.3 Å². The summed E-state index contributed by atoms with van der Waals surface area (Å²) in [5, 5.41) is 11.9. The zero-order valence-electron chi connectivity index (χ0n) is 11.5. The van der Waals surface area contributed by atoms with Gasteiger partial charge in [-0.25, -0.2) is 4.79 Å². The Bertz CT molecular complexity index is 480. The number of nitrogens with zero attached hydrogens (tertiary/aromatic N) is 2. The molecule has 110 valence electrons. The number of carbonyl (C=O) groups is 2. The Morgan fingerprint density at radius 3 is 2.45 bits per heavy atom. The van der Waals surface area contributed by atoms with Crippen molar-refractivity contribution in [2.45, 2.75) is 0 Å². The largest absolute Gasteiger partial charge is 0.480 e. The molecule has 0 bridgehead atoms. The summed E-state index contributed by atoms with van der Waals surface area (Å²) in [4.78, 5) is 26.0. The second-order valence-corrected chi connectivity index (χ2v) is 4.94. The number of hydrogen-bond donors (Lipinski definition) is 2. The second kappa shape index (κ2) is 7.72. The molecule has 20 heavy (non-hydrogen) atoms. The number of rotatable bonds is 6. The fourth-order valence-electron chi connectivity index (χ4n) is 1.49. The van der Waals surface area contributed by atoms with Crippen LogP contribution in [0, 0.1) is 0 Å². The van der Waals surface area contributed by atoms with Gasteiger partial charge in [-0.1, -0.05) is 23.7 Å². The summed E-state index contributed by atoms with van der Waals surface area (Å²) < 4.78 is 0. The van der Waals surface area contributed by atoms with E-state index in [0.29, 0.717) is 23.8 Å². The topological polar surface area (TPSA) is 72.9 Å². The van der Waals surface area contributed by atoms with Gasteiger partial charge >= 0.3 is 12.0 Å². The number of para-hydroxylation sites is 1. The lowest BCUT2D eigenvalue weighted by Crippen LogP contribution is -2.42. The lowest BCUT2D eigenvalue weighted by Gasteiger charge is -2.23. The third-order valence-corrected chi connectivity index (χ3v) is 2.88. The van der Waals surface area contributed by atoms with Gasteiger partial charge in [0.2, 0.25) is 0 Å². The molecule has 2 N–H and O–H groups in total. The first-order chi connectivity index (χ1) is 9.40. The number of nitrogens with one attached hydrogen (secondary N) is 1. The van der Waals surface area contributed by atoms with Crippen LogP contribution in [0.5, 0.6) is 0 Å². The molecule has 0 aliphatic heterocycles. The van der Waals surface area contributed by atoms with Crippen LogP contribution >= 0.6 is 11.6 Å². The highest BCUT2D eigenvalue weighted by atomic mass is 35.5. The minimum Gasteiger partial charge on any atom is -0.480 e. The van der Waals surface area contributed by atoms with Gasteiger partial charge in [0.05, 0.1) is 10.7 Å². The SMILES string of the molecule is CN(C)CCN(CC(=O)O)C(=O)Nc1ccccc1Cl. The van der Waals surface area contributed by atoms with Crippen LogP contribution in [0.1, 0.15) is 0 Å². The van der Waals surface area contributed by atoms with Crippen LogP contribution in [0.15, 0.2) is 24.3 Å². The normalized spacial score (nSPS) is 10.4. The van der Waals surface area contributed by atoms with E-state index in [1.54, 1.807) is 24.3 Å². The molecule has 0 aromatic heterocycles. The van der Waals surface area contributed by atoms with Crippen molar-refractivity contribution in [3.8, 4) is 0 Å². The van der Waals surface area contributed by atoms with E-state index in [2.05, 4.69) is 5.32 Å². The van der Waals surface area contributed by atoms with E-state index in [4.69, 9.17) is 16.7 Å². The van der Waals surface area contributed by atoms with Crippen molar-refractivity contribution < 1.29 is 14.7 Å². The number of carboxylic acids is 1. The average molecular weight is 300 g/mol. The first-order valence-corrected chi connectivity index (χ1v) is 6.45. The molecule has 0 radical (unpaired) electrons. The third-order valence-electron chi connectivity index (χ3n) is 2.55. The Hall–Kier alpha value is -1.79. The molecule has 6 nitrogen and oxygen atoms in total. The van der Waals surface area contributed by atoms with E-state index in [-0.39, 0.29) is 6.54 Å². The monoisotopic (exact) mass is 299 g/mol. The molecule has 1 aromatic rings. The number of amides is 2. The Morgan fingerprint density at radius 2 is 1.90 bits per heavy atom. The number of urea groups is 1. The van der Waals surface area contributed by atoms with Gasteiger partial charge in [-0.05, 0) is 26.2 Å². The van der Waals surface area contributed by atoms with Gasteiger partial charge in [-0.2, -0.15) is 0 Å². The average Bonchev–Trinajstić information content (AvgIpc) is 2.36. The van der Waals surface area contributed by atoms with Crippen LogP contribution < -0.4 is 5.32 Å². The fourth-order valence-corrected chi connectivity index (χ4v) is 1.68. The molecule has 0 aliphatic carbocycles. The standard InChI is InChI=1S/C13H18ClN3O3/c1-16(2)7-8-17(9-12(18)19)13(20)15-11-6-4-3-5-10(11)14/h3-6H,7-9H2,1-2H3,(H,15,20)(H,18,19). The molecule has 0 heterocycles. The maximum absolute atomic E-state index is 12.1. The second-order valence-electron chi connectivity index (χ2n) is 4.53. The van der Waals surface area contributed by atoms with Crippen LogP contribution in [-0.2, 0) is 4.79 Å². The predicted molar refractivity (Wildman–Crippen MR) is 78.2 cm³/mol. The van der Waals surface area contributed by atoms with E-state index < -0.39 is 12.0 Å². The molecule has 2 amide bonds. The van der Waals surface area contributed by atoms with Crippen LogP contribution in [0.4, 0.5) is 10.5 Å². The van der Waals surface area contributed by atoms with Gasteiger partial charge in [0.25, 0.3) is 0 Å². The van der Waals surface area contributed by atoms with Gasteiger partial charge < -0.3 is 20.2 Å². The molecular formula is C13H18ClN3O3. The first-order valence-electron chi connectivity index (χ1n) is 6.07. The zero-order valence-corrected chi connectivity index (χ0v) is 12.2. The maximum atomic E-state index is 12.1. The highest BCUT2D eigenvalue weighted by Gasteiger charge is 2.17. The highest BCUT2D eigenvalue weighted by Crippen LogP contribution is 2.20. The summed E-state index contributed by atoms with van der Waals surface area (Å²) in [5.41, 5.74) is 0.458. The van der Waals surface area contributed by atoms with Crippen molar-refractivity contribution in [1.82, 2.24) is 9.80 Å². The van der Waals surface area contributed by atoms with E-state index in [0.717, 1.165) is 0 Å². The number of benzene rings is 1. The van der Waals surface area contributed by atoms with E-state index in [9.17, 15) is 9.59 Å². The van der Waals surface area contributed by atoms with Crippen molar-refractivity contribution in [3.63, 3.8) is 0 Å². The molecule has 1 rings (SSSR count). The van der Waals surface area contributed by atoms with Gasteiger partial charge in [-0.3, -0.25) is 4.79 Å². The Kier molecular flexibility index (Phi) is 6.27. The molecule has 0 saturated carbocycles.